The van der Waals surface area contributed by atoms with Crippen molar-refractivity contribution in [3.8, 4) is 0 Å². The first-order valence-electron chi connectivity index (χ1n) is 9.23. The standard InChI is InChI=1S/C18H29N5O3/c1-5-22(6-2)18(26)15-7-13(10-23(15)9-12(3)4)21-17(25)14-8-19-11-20-16(14)24/h8,11-13,15H,5-7,9-10H2,1-4H3,(H,21,25)(H,19,20,24)/t13-,15+/m1/s1. The molecule has 8 nitrogen and oxygen atoms in total. The number of rotatable bonds is 7. The summed E-state index contributed by atoms with van der Waals surface area (Å²) in [6, 6.07) is -0.417. The lowest BCUT2D eigenvalue weighted by molar-refractivity contribution is -0.135. The third-order valence-corrected chi connectivity index (χ3v) is 4.66. The average molecular weight is 363 g/mol. The molecule has 0 unspecified atom stereocenters. The molecule has 2 rings (SSSR count). The summed E-state index contributed by atoms with van der Waals surface area (Å²) in [4.78, 5) is 47.2. The fraction of sp³-hybridized carbons (Fsp3) is 0.667. The molecule has 2 atom stereocenters. The molecule has 2 heterocycles. The largest absolute Gasteiger partial charge is 0.348 e. The smallest absolute Gasteiger partial charge is 0.263 e. The molecule has 1 saturated heterocycles. The van der Waals surface area contributed by atoms with Gasteiger partial charge in [-0.25, -0.2) is 4.98 Å². The first-order valence-corrected chi connectivity index (χ1v) is 9.23. The van der Waals surface area contributed by atoms with Gasteiger partial charge in [0.2, 0.25) is 5.91 Å². The topological polar surface area (TPSA) is 98.4 Å². The molecular weight excluding hydrogens is 334 g/mol. The van der Waals surface area contributed by atoms with Crippen LogP contribution in [0.15, 0.2) is 17.3 Å². The number of carbonyl (C=O) groups excluding carboxylic acids is 2. The van der Waals surface area contributed by atoms with E-state index in [9.17, 15) is 14.4 Å². The van der Waals surface area contributed by atoms with Gasteiger partial charge in [0.25, 0.3) is 11.5 Å². The van der Waals surface area contributed by atoms with Crippen LogP contribution in [0.1, 0.15) is 44.5 Å². The lowest BCUT2D eigenvalue weighted by atomic mass is 10.1. The zero-order valence-electron chi connectivity index (χ0n) is 16.0. The molecule has 1 aromatic rings. The van der Waals surface area contributed by atoms with Crippen LogP contribution in [0.2, 0.25) is 0 Å². The van der Waals surface area contributed by atoms with Gasteiger partial charge in [-0.2, -0.15) is 0 Å². The molecule has 0 radical (unpaired) electrons. The highest BCUT2D eigenvalue weighted by Crippen LogP contribution is 2.21. The molecule has 2 N–H and O–H groups in total. The maximum absolute atomic E-state index is 12.9. The van der Waals surface area contributed by atoms with Crippen molar-refractivity contribution in [2.24, 2.45) is 5.92 Å². The van der Waals surface area contributed by atoms with Gasteiger partial charge in [-0.05, 0) is 26.2 Å². The summed E-state index contributed by atoms with van der Waals surface area (Å²) in [5.41, 5.74) is -0.480. The van der Waals surface area contributed by atoms with E-state index in [1.54, 1.807) is 0 Å². The second-order valence-electron chi connectivity index (χ2n) is 7.07. The second kappa shape index (κ2) is 8.93. The summed E-state index contributed by atoms with van der Waals surface area (Å²) in [5.74, 6) is 0.0639. The van der Waals surface area contributed by atoms with Gasteiger partial charge in [-0.1, -0.05) is 13.8 Å². The summed E-state index contributed by atoms with van der Waals surface area (Å²) < 4.78 is 0. The van der Waals surface area contributed by atoms with E-state index in [4.69, 9.17) is 0 Å². The molecule has 0 saturated carbocycles. The van der Waals surface area contributed by atoms with Crippen molar-refractivity contribution < 1.29 is 9.59 Å². The fourth-order valence-electron chi connectivity index (χ4n) is 3.45. The van der Waals surface area contributed by atoms with Gasteiger partial charge in [0.1, 0.15) is 5.56 Å². The van der Waals surface area contributed by atoms with E-state index in [2.05, 4.69) is 34.0 Å². The van der Waals surface area contributed by atoms with Crippen LogP contribution in [-0.2, 0) is 4.79 Å². The van der Waals surface area contributed by atoms with E-state index in [1.807, 2.05) is 18.7 Å². The normalized spacial score (nSPS) is 20.3. The van der Waals surface area contributed by atoms with Crippen LogP contribution in [0.25, 0.3) is 0 Å². The number of nitrogens with zero attached hydrogens (tertiary/aromatic N) is 3. The summed E-state index contributed by atoms with van der Waals surface area (Å²) in [6.07, 6.45) is 3.05. The predicted octanol–water partition coefficient (Wildman–Crippen LogP) is 0.467. The molecule has 1 aliphatic rings. The highest BCUT2D eigenvalue weighted by Gasteiger charge is 2.39. The molecule has 0 bridgehead atoms. The van der Waals surface area contributed by atoms with Crippen molar-refractivity contribution >= 4 is 11.8 Å². The predicted molar refractivity (Wildman–Crippen MR) is 98.9 cm³/mol. The number of H-pyrrole nitrogens is 1. The van der Waals surface area contributed by atoms with Gasteiger partial charge < -0.3 is 15.2 Å². The first kappa shape index (κ1) is 20.1. The van der Waals surface area contributed by atoms with Crippen LogP contribution in [0.5, 0.6) is 0 Å². The van der Waals surface area contributed by atoms with Gasteiger partial charge in [-0.3, -0.25) is 19.3 Å². The van der Waals surface area contributed by atoms with Crippen LogP contribution < -0.4 is 10.9 Å². The van der Waals surface area contributed by atoms with Crippen LogP contribution in [-0.4, -0.2) is 69.8 Å². The molecule has 144 valence electrons. The lowest BCUT2D eigenvalue weighted by Gasteiger charge is -2.29. The second-order valence-corrected chi connectivity index (χ2v) is 7.07. The summed E-state index contributed by atoms with van der Waals surface area (Å²) in [6.45, 7) is 10.9. The minimum Gasteiger partial charge on any atom is -0.348 e. The number of aromatic nitrogens is 2. The van der Waals surface area contributed by atoms with Gasteiger partial charge in [-0.15, -0.1) is 0 Å². The third-order valence-electron chi connectivity index (χ3n) is 4.66. The molecule has 0 spiro atoms. The Balaban J connectivity index is 2.11. The molecule has 0 aliphatic carbocycles. The molecular formula is C18H29N5O3. The maximum Gasteiger partial charge on any atom is 0.263 e. The van der Waals surface area contributed by atoms with Crippen LogP contribution >= 0.6 is 0 Å². The summed E-state index contributed by atoms with van der Waals surface area (Å²) >= 11 is 0. The molecule has 0 aromatic carbocycles. The Morgan fingerprint density at radius 3 is 2.65 bits per heavy atom. The Hall–Kier alpha value is -2.22. The van der Waals surface area contributed by atoms with Crippen molar-refractivity contribution in [2.45, 2.75) is 46.2 Å². The van der Waals surface area contributed by atoms with Gasteiger partial charge in [0.05, 0.1) is 12.4 Å². The van der Waals surface area contributed by atoms with E-state index in [0.29, 0.717) is 32.0 Å². The zero-order valence-corrected chi connectivity index (χ0v) is 16.0. The Labute approximate surface area is 154 Å². The molecule has 1 aliphatic heterocycles. The number of carbonyl (C=O) groups is 2. The Morgan fingerprint density at radius 2 is 2.08 bits per heavy atom. The molecule has 1 aromatic heterocycles. The SMILES string of the molecule is CCN(CC)C(=O)[C@@H]1C[C@@H](NC(=O)c2cnc[nH]c2=O)CN1CC(C)C. The van der Waals surface area contributed by atoms with Crippen LogP contribution in [0, 0.1) is 5.92 Å². The zero-order chi connectivity index (χ0) is 19.3. The Morgan fingerprint density at radius 1 is 1.38 bits per heavy atom. The van der Waals surface area contributed by atoms with Crippen molar-refractivity contribution in [3.63, 3.8) is 0 Å². The number of hydrogen-bond acceptors (Lipinski definition) is 5. The van der Waals surface area contributed by atoms with Crippen molar-refractivity contribution in [1.29, 1.82) is 0 Å². The molecule has 26 heavy (non-hydrogen) atoms. The minimum absolute atomic E-state index is 0.0126. The van der Waals surface area contributed by atoms with Crippen molar-refractivity contribution in [3.05, 3.63) is 28.4 Å². The van der Waals surface area contributed by atoms with E-state index >= 15 is 0 Å². The van der Waals surface area contributed by atoms with Crippen LogP contribution in [0.4, 0.5) is 0 Å². The van der Waals surface area contributed by atoms with E-state index < -0.39 is 11.5 Å². The fourth-order valence-corrected chi connectivity index (χ4v) is 3.45. The van der Waals surface area contributed by atoms with Gasteiger partial charge in [0, 0.05) is 38.4 Å². The molecule has 2 amide bonds. The lowest BCUT2D eigenvalue weighted by Crippen LogP contribution is -2.46. The van der Waals surface area contributed by atoms with Crippen LogP contribution in [0.3, 0.4) is 0 Å². The van der Waals surface area contributed by atoms with Crippen molar-refractivity contribution in [1.82, 2.24) is 25.1 Å². The Kier molecular flexibility index (Phi) is 6.90. The van der Waals surface area contributed by atoms with E-state index in [0.717, 1.165) is 6.54 Å². The number of likely N-dealkylation sites (tertiary alicyclic amines) is 1. The third kappa shape index (κ3) is 4.69. The first-order chi connectivity index (χ1) is 12.4. The molecule has 1 fully saturated rings. The average Bonchev–Trinajstić information content (AvgIpc) is 2.97. The number of aromatic amines is 1. The number of amides is 2. The number of hydrogen-bond donors (Lipinski definition) is 2. The number of likely N-dealkylation sites (N-methyl/N-ethyl adjacent to an activating group) is 1. The quantitative estimate of drug-likeness (QED) is 0.734. The number of nitrogens with one attached hydrogen (secondary N) is 2. The highest BCUT2D eigenvalue weighted by atomic mass is 16.2. The van der Waals surface area contributed by atoms with Gasteiger partial charge >= 0.3 is 0 Å². The van der Waals surface area contributed by atoms with Gasteiger partial charge in [0.15, 0.2) is 0 Å². The molecule has 8 heteroatoms. The summed E-state index contributed by atoms with van der Waals surface area (Å²) in [7, 11) is 0. The monoisotopic (exact) mass is 363 g/mol. The van der Waals surface area contributed by atoms with E-state index in [-0.39, 0.29) is 23.6 Å². The summed E-state index contributed by atoms with van der Waals surface area (Å²) in [5, 5.41) is 2.89. The van der Waals surface area contributed by atoms with Crippen molar-refractivity contribution in [2.75, 3.05) is 26.2 Å². The Bertz CT molecular complexity index is 683. The highest BCUT2D eigenvalue weighted by molar-refractivity contribution is 5.93. The minimum atomic E-state index is -0.467. The maximum atomic E-state index is 12.9. The van der Waals surface area contributed by atoms with E-state index in [1.165, 1.54) is 12.5 Å².